The number of nitrogens with zero attached hydrogens (tertiary/aromatic N) is 2. The zero-order valence-electron chi connectivity index (χ0n) is 22.0. The number of piperidine rings is 1. The molecule has 34 heavy (non-hydrogen) atoms. The molecule has 3 aliphatic heterocycles. The van der Waals surface area contributed by atoms with Gasteiger partial charge in [0.1, 0.15) is 11.4 Å². The van der Waals surface area contributed by atoms with Gasteiger partial charge >= 0.3 is 12.1 Å². The van der Waals surface area contributed by atoms with E-state index in [9.17, 15) is 14.4 Å². The van der Waals surface area contributed by atoms with Crippen LogP contribution < -0.4 is 5.32 Å². The van der Waals surface area contributed by atoms with Crippen LogP contribution in [-0.2, 0) is 19.1 Å². The Morgan fingerprint density at radius 3 is 2.12 bits per heavy atom. The molecule has 0 aromatic rings. The van der Waals surface area contributed by atoms with Gasteiger partial charge in [0.25, 0.3) is 0 Å². The van der Waals surface area contributed by atoms with Crippen LogP contribution in [0.1, 0.15) is 73.1 Å². The number of carbonyl (C=O) groups excluding carboxylic acids is 3. The van der Waals surface area contributed by atoms with Gasteiger partial charge in [0, 0.05) is 50.2 Å². The summed E-state index contributed by atoms with van der Waals surface area (Å²) in [5, 5.41) is 3.35. The number of nitrogens with one attached hydrogen (secondary N) is 1. The number of likely N-dealkylation sites (tertiary alicyclic amines) is 2. The summed E-state index contributed by atoms with van der Waals surface area (Å²) in [6.45, 7) is 13.1. The molecule has 0 radical (unpaired) electrons. The van der Waals surface area contributed by atoms with Gasteiger partial charge in [-0.15, -0.1) is 0 Å². The third-order valence-corrected chi connectivity index (χ3v) is 7.47. The molecule has 1 N–H and O–H groups in total. The maximum atomic E-state index is 11.7. The van der Waals surface area contributed by atoms with Crippen molar-refractivity contribution in [2.45, 2.75) is 96.9 Å². The molecule has 5 atom stereocenters. The van der Waals surface area contributed by atoms with Crippen LogP contribution in [0.5, 0.6) is 0 Å². The molecule has 5 rings (SSSR count). The highest BCUT2D eigenvalue weighted by molar-refractivity contribution is 5.80. The van der Waals surface area contributed by atoms with Crippen molar-refractivity contribution in [1.29, 1.82) is 0 Å². The Labute approximate surface area is 205 Å². The van der Waals surface area contributed by atoms with E-state index in [1.807, 2.05) is 32.6 Å². The van der Waals surface area contributed by atoms with Gasteiger partial charge in [-0.25, -0.2) is 4.79 Å². The summed E-state index contributed by atoms with van der Waals surface area (Å²) in [7, 11) is 1.47. The smallest absolute Gasteiger partial charge is 0.410 e. The first kappa shape index (κ1) is 26.9. The van der Waals surface area contributed by atoms with E-state index in [2.05, 4.69) is 10.2 Å². The summed E-state index contributed by atoms with van der Waals surface area (Å²) in [5.41, 5.74) is -0.383. The minimum absolute atomic E-state index is 0.0272. The molecule has 0 aromatic heterocycles. The first-order valence-corrected chi connectivity index (χ1v) is 13.0. The molecule has 0 spiro atoms. The number of methoxy groups -OCH3 is 1. The van der Waals surface area contributed by atoms with Crippen LogP contribution >= 0.6 is 0 Å². The minimum atomic E-state index is -0.383. The number of hydrogen-bond acceptors (Lipinski definition) is 7. The highest BCUT2D eigenvalue weighted by atomic mass is 16.6. The molecule has 3 heterocycles. The number of ether oxygens (including phenoxy) is 2. The number of esters is 1. The number of rotatable bonds is 4. The minimum Gasteiger partial charge on any atom is -0.469 e. The summed E-state index contributed by atoms with van der Waals surface area (Å²) < 4.78 is 10.1. The third kappa shape index (κ3) is 7.67. The quantitative estimate of drug-likeness (QED) is 0.619. The van der Waals surface area contributed by atoms with Gasteiger partial charge in [0.15, 0.2) is 0 Å². The van der Waals surface area contributed by atoms with Crippen molar-refractivity contribution in [1.82, 2.24) is 15.1 Å². The van der Waals surface area contributed by atoms with Crippen LogP contribution in [0.15, 0.2) is 0 Å². The van der Waals surface area contributed by atoms with E-state index in [4.69, 9.17) is 9.47 Å². The van der Waals surface area contributed by atoms with Crippen molar-refractivity contribution in [3.63, 3.8) is 0 Å². The Bertz CT molecular complexity index is 732. The van der Waals surface area contributed by atoms with Crippen molar-refractivity contribution >= 4 is 17.8 Å². The van der Waals surface area contributed by atoms with Crippen molar-refractivity contribution in [2.75, 3.05) is 33.3 Å². The second kappa shape index (κ2) is 11.4. The molecule has 0 aromatic carbocycles. The summed E-state index contributed by atoms with van der Waals surface area (Å²) in [6.07, 6.45) is 7.30. The lowest BCUT2D eigenvalue weighted by molar-refractivity contribution is -0.145. The van der Waals surface area contributed by atoms with E-state index < -0.39 is 0 Å². The van der Waals surface area contributed by atoms with Crippen LogP contribution in [0.4, 0.5) is 4.79 Å². The topological polar surface area (TPSA) is 88.2 Å². The molecular weight excluding hydrogens is 434 g/mol. The second-order valence-electron chi connectivity index (χ2n) is 11.7. The van der Waals surface area contributed by atoms with E-state index in [0.29, 0.717) is 23.8 Å². The standard InChI is InChI=1S/C11H19NO2.C10H18N2O2.C5H8O/c1-8(11(13)14-2)6-12-7-9-3-4-10(12)5-9;1-10(2,3)14-9(13)12-6-7-4-8(12)5-11-7;1-4(6)5-2-3-5/h8-10H,3-7H2,1-2H3;7-8,11H,4-6H2,1-3H3;5H,2-3H2,1H3/t8-,9-,10+;7-,8+;/m00./s1. The zero-order valence-corrected chi connectivity index (χ0v) is 22.0. The van der Waals surface area contributed by atoms with E-state index >= 15 is 0 Å². The summed E-state index contributed by atoms with van der Waals surface area (Å²) in [4.78, 5) is 37.5. The molecule has 8 nitrogen and oxygen atoms in total. The first-order chi connectivity index (χ1) is 16.0. The first-order valence-electron chi connectivity index (χ1n) is 13.0. The number of ketones is 1. The molecule has 3 saturated heterocycles. The van der Waals surface area contributed by atoms with Gasteiger partial charge in [-0.3, -0.25) is 14.5 Å². The normalized spacial score (nSPS) is 30.1. The average Bonchev–Trinajstić information content (AvgIpc) is 3.09. The zero-order chi connectivity index (χ0) is 25.0. The molecule has 5 fully saturated rings. The lowest BCUT2D eigenvalue weighted by atomic mass is 10.1. The van der Waals surface area contributed by atoms with Gasteiger partial charge in [-0.1, -0.05) is 6.92 Å². The Morgan fingerprint density at radius 1 is 1.03 bits per heavy atom. The van der Waals surface area contributed by atoms with Crippen molar-refractivity contribution < 1.29 is 23.9 Å². The number of hydrogen-bond donors (Lipinski definition) is 1. The van der Waals surface area contributed by atoms with Crippen LogP contribution in [0.25, 0.3) is 0 Å². The molecule has 2 saturated carbocycles. The van der Waals surface area contributed by atoms with Crippen molar-refractivity contribution in [3.05, 3.63) is 0 Å². The largest absolute Gasteiger partial charge is 0.469 e. The van der Waals surface area contributed by atoms with E-state index in [-0.39, 0.29) is 23.6 Å². The Hall–Kier alpha value is -1.67. The van der Waals surface area contributed by atoms with Crippen molar-refractivity contribution in [3.8, 4) is 0 Å². The maximum Gasteiger partial charge on any atom is 0.410 e. The van der Waals surface area contributed by atoms with Crippen LogP contribution in [0.3, 0.4) is 0 Å². The number of amides is 1. The van der Waals surface area contributed by atoms with Gasteiger partial charge in [-0.05, 0) is 72.1 Å². The highest BCUT2D eigenvalue weighted by Gasteiger charge is 2.42. The number of piperazine rings is 1. The average molecular weight is 480 g/mol. The molecule has 4 bridgehead atoms. The number of fused-ring (bicyclic) bond motifs is 4. The van der Waals surface area contributed by atoms with Crippen LogP contribution in [0, 0.1) is 17.8 Å². The van der Waals surface area contributed by atoms with Gasteiger partial charge in [-0.2, -0.15) is 0 Å². The van der Waals surface area contributed by atoms with Crippen LogP contribution in [0.2, 0.25) is 0 Å². The molecule has 0 unspecified atom stereocenters. The van der Waals surface area contributed by atoms with E-state index in [1.165, 1.54) is 32.9 Å². The highest BCUT2D eigenvalue weighted by Crippen LogP contribution is 2.37. The Balaban J connectivity index is 0.000000154. The van der Waals surface area contributed by atoms with Crippen LogP contribution in [-0.4, -0.2) is 84.7 Å². The fourth-order valence-corrected chi connectivity index (χ4v) is 5.47. The Kier molecular flexibility index (Phi) is 9.01. The molecule has 1 amide bonds. The number of Topliss-reactive ketones (excluding diaryl/α,β-unsaturated/α-hetero) is 1. The maximum absolute atomic E-state index is 11.7. The summed E-state index contributed by atoms with van der Waals surface area (Å²) in [5.74, 6) is 1.69. The fourth-order valence-electron chi connectivity index (χ4n) is 5.47. The summed E-state index contributed by atoms with van der Waals surface area (Å²) >= 11 is 0. The SMILES string of the molecule is CC(=O)C1CC1.CC(C)(C)OC(=O)N1C[C@@H]2C[C@@H]1CN2.COC(=O)[C@@H](C)CN1C[C@H]2CC[C@@H]1C2. The van der Waals surface area contributed by atoms with E-state index in [1.54, 1.807) is 6.92 Å². The Morgan fingerprint density at radius 2 is 1.74 bits per heavy atom. The summed E-state index contributed by atoms with van der Waals surface area (Å²) in [6, 6.07) is 1.61. The lowest BCUT2D eigenvalue weighted by Gasteiger charge is -2.30. The molecule has 8 heteroatoms. The van der Waals surface area contributed by atoms with Crippen molar-refractivity contribution in [2.24, 2.45) is 17.8 Å². The number of carbonyl (C=O) groups is 3. The molecule has 194 valence electrons. The molecule has 2 aliphatic carbocycles. The second-order valence-corrected chi connectivity index (χ2v) is 11.7. The van der Waals surface area contributed by atoms with Gasteiger partial charge in [0.2, 0.25) is 0 Å². The van der Waals surface area contributed by atoms with Gasteiger partial charge < -0.3 is 19.7 Å². The van der Waals surface area contributed by atoms with E-state index in [0.717, 1.165) is 50.9 Å². The fraction of sp³-hybridized carbons (Fsp3) is 0.885. The molecular formula is C26H45N3O5. The molecule has 5 aliphatic rings. The predicted molar refractivity (Wildman–Crippen MR) is 130 cm³/mol. The third-order valence-electron chi connectivity index (χ3n) is 7.47. The lowest BCUT2D eigenvalue weighted by Crippen LogP contribution is -2.48. The van der Waals surface area contributed by atoms with Gasteiger partial charge in [0.05, 0.1) is 13.0 Å². The predicted octanol–water partition coefficient (Wildman–Crippen LogP) is 3.23. The monoisotopic (exact) mass is 479 g/mol.